The van der Waals surface area contributed by atoms with Gasteiger partial charge in [-0.15, -0.1) is 39.5 Å². The summed E-state index contributed by atoms with van der Waals surface area (Å²) in [7, 11) is 0. The molecule has 0 amide bonds. The van der Waals surface area contributed by atoms with E-state index < -0.39 is 47.8 Å². The Morgan fingerprint density at radius 1 is 0.867 bits per heavy atom. The predicted molar refractivity (Wildman–Crippen MR) is 86.8 cm³/mol. The molecule has 0 aliphatic rings. The molecule has 30 heavy (non-hydrogen) atoms. The fraction of sp³-hybridized carbons (Fsp3) is 0.647. The van der Waals surface area contributed by atoms with E-state index in [0.29, 0.717) is 18.9 Å². The third-order valence-corrected chi connectivity index (χ3v) is 4.01. The van der Waals surface area contributed by atoms with Gasteiger partial charge in [-0.1, -0.05) is 20.3 Å². The molecule has 0 saturated carbocycles. The van der Waals surface area contributed by atoms with Crippen LogP contribution >= 0.6 is 0 Å². The summed E-state index contributed by atoms with van der Waals surface area (Å²) in [6, 6.07) is 0.586. The van der Waals surface area contributed by atoms with Crippen molar-refractivity contribution in [2.45, 2.75) is 52.2 Å². The fourth-order valence-corrected chi connectivity index (χ4v) is 2.78. The van der Waals surface area contributed by atoms with Gasteiger partial charge in [-0.2, -0.15) is 0 Å². The molecule has 0 aliphatic carbocycles. The minimum atomic E-state index is -5.49. The van der Waals surface area contributed by atoms with E-state index in [1.54, 1.807) is 13.8 Å². The molecule has 2 unspecified atom stereocenters. The summed E-state index contributed by atoms with van der Waals surface area (Å²) in [5, 5.41) is 0. The maximum Gasteiger partial charge on any atom is 0.573 e. The van der Waals surface area contributed by atoms with Gasteiger partial charge in [0.2, 0.25) is 0 Å². The van der Waals surface area contributed by atoms with E-state index in [1.807, 2.05) is 0 Å². The summed E-state index contributed by atoms with van der Waals surface area (Å²) >= 11 is 0. The number of hydrogen-bond acceptors (Lipinski definition) is 4. The van der Waals surface area contributed by atoms with E-state index >= 15 is 0 Å². The Kier molecular flexibility index (Phi) is 8.52. The van der Waals surface area contributed by atoms with E-state index in [2.05, 4.69) is 14.2 Å². The molecule has 0 aliphatic heterocycles. The van der Waals surface area contributed by atoms with Crippen LogP contribution in [0.4, 0.5) is 39.5 Å². The number of alkyl halides is 9. The first-order chi connectivity index (χ1) is 13.5. The fourth-order valence-electron chi connectivity index (χ4n) is 2.78. The number of halogens is 9. The first kappa shape index (κ1) is 26.0. The highest BCUT2D eigenvalue weighted by atomic mass is 19.4. The van der Waals surface area contributed by atoms with Crippen LogP contribution in [0.2, 0.25) is 0 Å². The molecule has 0 fully saturated rings. The Morgan fingerprint density at radius 2 is 1.40 bits per heavy atom. The number of nitrogens with two attached hydrogens (primary N) is 1. The molecule has 4 nitrogen and oxygen atoms in total. The highest BCUT2D eigenvalue weighted by Crippen LogP contribution is 2.43. The van der Waals surface area contributed by atoms with E-state index in [-0.39, 0.29) is 24.9 Å². The van der Waals surface area contributed by atoms with Crippen molar-refractivity contribution in [2.75, 3.05) is 6.54 Å². The molecule has 1 rings (SSSR count). The second kappa shape index (κ2) is 9.84. The molecule has 0 heterocycles. The number of ether oxygens (including phenoxy) is 3. The molecule has 2 N–H and O–H groups in total. The Bertz CT molecular complexity index is 687. The van der Waals surface area contributed by atoms with Gasteiger partial charge < -0.3 is 19.9 Å². The summed E-state index contributed by atoms with van der Waals surface area (Å²) in [5.74, 6) is -4.64. The summed E-state index contributed by atoms with van der Waals surface area (Å²) in [6.07, 6.45) is -15.8. The van der Waals surface area contributed by atoms with Crippen LogP contribution in [0.15, 0.2) is 12.1 Å². The monoisotopic (exact) mass is 457 g/mol. The zero-order chi connectivity index (χ0) is 23.3. The molecule has 0 bridgehead atoms. The van der Waals surface area contributed by atoms with E-state index in [9.17, 15) is 39.5 Å². The van der Waals surface area contributed by atoms with Gasteiger partial charge in [0.25, 0.3) is 0 Å². The third-order valence-electron chi connectivity index (χ3n) is 4.01. The van der Waals surface area contributed by atoms with Gasteiger partial charge in [0.15, 0.2) is 11.5 Å². The molecule has 0 spiro atoms. The SMILES string of the molecule is CCC(Cc1cc(OC(F)(F)F)cc(OC(F)(F)F)c1OC(F)(F)F)CC(C)CN. The average Bonchev–Trinajstić information content (AvgIpc) is 2.53. The first-order valence-electron chi connectivity index (χ1n) is 8.67. The molecule has 0 radical (unpaired) electrons. The van der Waals surface area contributed by atoms with Crippen LogP contribution in [0.1, 0.15) is 32.3 Å². The van der Waals surface area contributed by atoms with Crippen LogP contribution in [-0.4, -0.2) is 25.6 Å². The van der Waals surface area contributed by atoms with Crippen molar-refractivity contribution in [1.29, 1.82) is 0 Å². The van der Waals surface area contributed by atoms with Crippen molar-refractivity contribution in [3.05, 3.63) is 17.7 Å². The first-order valence-corrected chi connectivity index (χ1v) is 8.67. The molecule has 13 heteroatoms. The molecule has 1 aromatic rings. The van der Waals surface area contributed by atoms with Crippen molar-refractivity contribution in [1.82, 2.24) is 0 Å². The molecular formula is C17H20F9NO3. The zero-order valence-corrected chi connectivity index (χ0v) is 15.8. The molecule has 174 valence electrons. The number of benzene rings is 1. The van der Waals surface area contributed by atoms with Crippen LogP contribution in [0.25, 0.3) is 0 Å². The normalized spacial score (nSPS) is 14.9. The predicted octanol–water partition coefficient (Wildman–Crippen LogP) is 5.94. The lowest BCUT2D eigenvalue weighted by molar-refractivity contribution is -0.288. The summed E-state index contributed by atoms with van der Waals surface area (Å²) < 4.78 is 125. The van der Waals surface area contributed by atoms with Crippen LogP contribution in [0.5, 0.6) is 17.2 Å². The third kappa shape index (κ3) is 9.63. The highest BCUT2D eigenvalue weighted by Gasteiger charge is 2.39. The largest absolute Gasteiger partial charge is 0.573 e. The van der Waals surface area contributed by atoms with Gasteiger partial charge in [0, 0.05) is 11.6 Å². The lowest BCUT2D eigenvalue weighted by atomic mass is 9.88. The van der Waals surface area contributed by atoms with Crippen molar-refractivity contribution in [3.63, 3.8) is 0 Å². The van der Waals surface area contributed by atoms with E-state index in [1.165, 1.54) is 0 Å². The molecule has 2 atom stereocenters. The van der Waals surface area contributed by atoms with E-state index in [4.69, 9.17) is 5.73 Å². The quantitative estimate of drug-likeness (QED) is 0.467. The van der Waals surface area contributed by atoms with Gasteiger partial charge in [0.1, 0.15) is 5.75 Å². The lowest BCUT2D eigenvalue weighted by Crippen LogP contribution is -2.24. The van der Waals surface area contributed by atoms with Crippen LogP contribution < -0.4 is 19.9 Å². The molecular weight excluding hydrogens is 437 g/mol. The van der Waals surface area contributed by atoms with Gasteiger partial charge in [-0.3, -0.25) is 0 Å². The zero-order valence-electron chi connectivity index (χ0n) is 15.8. The molecule has 0 saturated heterocycles. The van der Waals surface area contributed by atoms with Crippen molar-refractivity contribution < 1.29 is 53.7 Å². The van der Waals surface area contributed by atoms with Gasteiger partial charge in [-0.25, -0.2) is 0 Å². The number of rotatable bonds is 9. The van der Waals surface area contributed by atoms with Gasteiger partial charge in [0.05, 0.1) is 0 Å². The smallest absolute Gasteiger partial charge is 0.406 e. The maximum absolute atomic E-state index is 12.8. The van der Waals surface area contributed by atoms with Crippen LogP contribution in [-0.2, 0) is 6.42 Å². The minimum Gasteiger partial charge on any atom is -0.406 e. The van der Waals surface area contributed by atoms with Crippen molar-refractivity contribution in [3.8, 4) is 17.2 Å². The minimum absolute atomic E-state index is 0.0367. The van der Waals surface area contributed by atoms with Crippen molar-refractivity contribution >= 4 is 0 Å². The Hall–Kier alpha value is -2.05. The van der Waals surface area contributed by atoms with Gasteiger partial charge in [-0.05, 0) is 37.3 Å². The second-order valence-corrected chi connectivity index (χ2v) is 6.61. The van der Waals surface area contributed by atoms with Crippen LogP contribution in [0, 0.1) is 11.8 Å². The lowest BCUT2D eigenvalue weighted by Gasteiger charge is -2.23. The second-order valence-electron chi connectivity index (χ2n) is 6.61. The van der Waals surface area contributed by atoms with Crippen molar-refractivity contribution in [2.24, 2.45) is 17.6 Å². The molecule has 1 aromatic carbocycles. The Morgan fingerprint density at radius 3 is 1.83 bits per heavy atom. The Labute approximate surface area is 166 Å². The molecule has 0 aromatic heterocycles. The average molecular weight is 457 g/mol. The topological polar surface area (TPSA) is 53.7 Å². The summed E-state index contributed by atoms with van der Waals surface area (Å²) in [6.45, 7) is 3.65. The maximum atomic E-state index is 12.8. The number of hydrogen-bond donors (Lipinski definition) is 1. The van der Waals surface area contributed by atoms with E-state index in [0.717, 1.165) is 0 Å². The highest BCUT2D eigenvalue weighted by molar-refractivity contribution is 5.52. The summed E-state index contributed by atoms with van der Waals surface area (Å²) in [4.78, 5) is 0. The van der Waals surface area contributed by atoms with Gasteiger partial charge >= 0.3 is 19.1 Å². The van der Waals surface area contributed by atoms with Crippen LogP contribution in [0.3, 0.4) is 0 Å². The Balaban J connectivity index is 3.53. The summed E-state index contributed by atoms with van der Waals surface area (Å²) in [5.41, 5.74) is 4.93. The standard InChI is InChI=1S/C17H20F9NO3/c1-3-10(4-9(2)8-27)5-11-6-12(28-15(18,19)20)7-13(29-16(21,22)23)14(11)30-17(24,25)26/h6-7,9-10H,3-5,8,27H2,1-2H3.